The van der Waals surface area contributed by atoms with E-state index in [4.69, 9.17) is 0 Å². The van der Waals surface area contributed by atoms with Crippen LogP contribution < -0.4 is 0 Å². The van der Waals surface area contributed by atoms with Gasteiger partial charge in [0.1, 0.15) is 12.7 Å². The summed E-state index contributed by atoms with van der Waals surface area (Å²) in [6, 6.07) is -0.0607. The van der Waals surface area contributed by atoms with Crippen LogP contribution in [0.2, 0.25) is 0 Å². The minimum atomic E-state index is -0.0607. The van der Waals surface area contributed by atoms with Crippen molar-refractivity contribution in [2.45, 2.75) is 19.8 Å². The lowest BCUT2D eigenvalue weighted by Gasteiger charge is -2.29. The van der Waals surface area contributed by atoms with Gasteiger partial charge in [-0.3, -0.25) is 0 Å². The molecule has 2 heterocycles. The molecule has 0 aromatic carbocycles. The average molecular weight is 194 g/mol. The van der Waals surface area contributed by atoms with Crippen molar-refractivity contribution < 1.29 is 4.79 Å². The number of amides is 1. The van der Waals surface area contributed by atoms with Gasteiger partial charge >= 0.3 is 6.03 Å². The van der Waals surface area contributed by atoms with Crippen LogP contribution in [0.3, 0.4) is 0 Å². The van der Waals surface area contributed by atoms with Gasteiger partial charge in [0.15, 0.2) is 0 Å². The van der Waals surface area contributed by atoms with Crippen molar-refractivity contribution in [1.82, 2.24) is 19.7 Å². The first-order chi connectivity index (χ1) is 6.77. The third kappa shape index (κ3) is 1.76. The molecular formula is C9H14N4O. The zero-order valence-corrected chi connectivity index (χ0v) is 8.26. The molecule has 5 heteroatoms. The third-order valence-corrected chi connectivity index (χ3v) is 2.67. The van der Waals surface area contributed by atoms with E-state index in [9.17, 15) is 4.79 Å². The van der Waals surface area contributed by atoms with E-state index in [0.717, 1.165) is 31.8 Å². The van der Waals surface area contributed by atoms with Gasteiger partial charge in [-0.15, -0.1) is 0 Å². The van der Waals surface area contributed by atoms with Gasteiger partial charge in [-0.2, -0.15) is 9.78 Å². The Labute approximate surface area is 82.7 Å². The molecule has 1 aliphatic rings. The fourth-order valence-electron chi connectivity index (χ4n) is 1.65. The second kappa shape index (κ2) is 3.77. The van der Waals surface area contributed by atoms with Gasteiger partial charge in [0, 0.05) is 13.1 Å². The van der Waals surface area contributed by atoms with E-state index >= 15 is 0 Å². The third-order valence-electron chi connectivity index (χ3n) is 2.67. The Morgan fingerprint density at radius 3 is 2.71 bits per heavy atom. The SMILES string of the molecule is CC1CCN(C(=O)n2cncn2)CC1. The standard InChI is InChI=1S/C9H14N4O/c1-8-2-4-12(5-3-8)9(14)13-7-10-6-11-13/h6-8H,2-5H2,1H3. The highest BCUT2D eigenvalue weighted by Crippen LogP contribution is 2.16. The first kappa shape index (κ1) is 9.18. The second-order valence-corrected chi connectivity index (χ2v) is 3.79. The molecule has 1 aliphatic heterocycles. The van der Waals surface area contributed by atoms with E-state index in [1.54, 1.807) is 0 Å². The van der Waals surface area contributed by atoms with Crippen LogP contribution in [0.1, 0.15) is 19.8 Å². The zero-order chi connectivity index (χ0) is 9.97. The van der Waals surface area contributed by atoms with E-state index in [1.165, 1.54) is 17.3 Å². The van der Waals surface area contributed by atoms with Gasteiger partial charge in [0.2, 0.25) is 0 Å². The van der Waals surface area contributed by atoms with Gasteiger partial charge in [0.05, 0.1) is 0 Å². The van der Waals surface area contributed by atoms with E-state index in [-0.39, 0.29) is 6.03 Å². The summed E-state index contributed by atoms with van der Waals surface area (Å²) in [5.74, 6) is 0.731. The van der Waals surface area contributed by atoms with Crippen molar-refractivity contribution in [3.63, 3.8) is 0 Å². The molecule has 0 N–H and O–H groups in total. The van der Waals surface area contributed by atoms with Crippen LogP contribution in [-0.4, -0.2) is 38.8 Å². The van der Waals surface area contributed by atoms with Crippen LogP contribution in [0.5, 0.6) is 0 Å². The largest absolute Gasteiger partial charge is 0.346 e. The quantitative estimate of drug-likeness (QED) is 0.618. The maximum atomic E-state index is 11.8. The first-order valence-corrected chi connectivity index (χ1v) is 4.91. The second-order valence-electron chi connectivity index (χ2n) is 3.79. The monoisotopic (exact) mass is 194 g/mol. The lowest BCUT2D eigenvalue weighted by atomic mass is 10.00. The van der Waals surface area contributed by atoms with Crippen molar-refractivity contribution >= 4 is 6.03 Å². The summed E-state index contributed by atoms with van der Waals surface area (Å²) in [7, 11) is 0. The lowest BCUT2D eigenvalue weighted by Crippen LogP contribution is -2.40. The molecular weight excluding hydrogens is 180 g/mol. The first-order valence-electron chi connectivity index (χ1n) is 4.91. The highest BCUT2D eigenvalue weighted by molar-refractivity contribution is 5.75. The van der Waals surface area contributed by atoms with Crippen LogP contribution in [-0.2, 0) is 0 Å². The highest BCUT2D eigenvalue weighted by atomic mass is 16.2. The van der Waals surface area contributed by atoms with Gasteiger partial charge in [-0.05, 0) is 18.8 Å². The molecule has 14 heavy (non-hydrogen) atoms. The molecule has 0 spiro atoms. The molecule has 0 bridgehead atoms. The summed E-state index contributed by atoms with van der Waals surface area (Å²) < 4.78 is 1.29. The molecule has 0 aliphatic carbocycles. The van der Waals surface area contributed by atoms with E-state index < -0.39 is 0 Å². The van der Waals surface area contributed by atoms with Crippen molar-refractivity contribution in [2.75, 3.05) is 13.1 Å². The number of carbonyl (C=O) groups is 1. The predicted molar refractivity (Wildman–Crippen MR) is 50.8 cm³/mol. The van der Waals surface area contributed by atoms with E-state index in [1.807, 2.05) is 4.90 Å². The van der Waals surface area contributed by atoms with Crippen molar-refractivity contribution in [3.8, 4) is 0 Å². The maximum absolute atomic E-state index is 11.8. The Hall–Kier alpha value is -1.39. The number of hydrogen-bond donors (Lipinski definition) is 0. The summed E-state index contributed by atoms with van der Waals surface area (Å²) in [5.41, 5.74) is 0. The number of hydrogen-bond acceptors (Lipinski definition) is 3. The Bertz CT molecular complexity index is 301. The topological polar surface area (TPSA) is 51.0 Å². The highest BCUT2D eigenvalue weighted by Gasteiger charge is 2.21. The number of likely N-dealkylation sites (tertiary alicyclic amines) is 1. The molecule has 76 valence electrons. The number of rotatable bonds is 0. The summed E-state index contributed by atoms with van der Waals surface area (Å²) in [6.45, 7) is 3.89. The molecule has 1 aromatic heterocycles. The molecule has 0 atom stereocenters. The van der Waals surface area contributed by atoms with Crippen molar-refractivity contribution in [1.29, 1.82) is 0 Å². The lowest BCUT2D eigenvalue weighted by molar-refractivity contribution is 0.172. The fourth-order valence-corrected chi connectivity index (χ4v) is 1.65. The minimum absolute atomic E-state index is 0.0607. The molecule has 0 saturated carbocycles. The van der Waals surface area contributed by atoms with Gasteiger partial charge in [0.25, 0.3) is 0 Å². The average Bonchev–Trinajstić information content (AvgIpc) is 2.71. The summed E-state index contributed by atoms with van der Waals surface area (Å²) in [5, 5.41) is 3.82. The zero-order valence-electron chi connectivity index (χ0n) is 8.26. The summed E-state index contributed by atoms with van der Waals surface area (Å²) >= 11 is 0. The smallest absolute Gasteiger partial charge is 0.323 e. The van der Waals surface area contributed by atoms with Crippen LogP contribution in [0.15, 0.2) is 12.7 Å². The molecule has 0 radical (unpaired) electrons. The van der Waals surface area contributed by atoms with Gasteiger partial charge in [-0.25, -0.2) is 9.78 Å². The minimum Gasteiger partial charge on any atom is -0.323 e. The molecule has 0 unspecified atom stereocenters. The normalized spacial score (nSPS) is 18.5. The molecule has 5 nitrogen and oxygen atoms in total. The Balaban J connectivity index is 1.99. The molecule has 1 aromatic rings. The van der Waals surface area contributed by atoms with Crippen LogP contribution in [0.4, 0.5) is 4.79 Å². The number of carbonyl (C=O) groups excluding carboxylic acids is 1. The molecule has 2 rings (SSSR count). The van der Waals surface area contributed by atoms with Crippen LogP contribution >= 0.6 is 0 Å². The van der Waals surface area contributed by atoms with Crippen molar-refractivity contribution in [3.05, 3.63) is 12.7 Å². The van der Waals surface area contributed by atoms with Crippen LogP contribution in [0, 0.1) is 5.92 Å². The summed E-state index contributed by atoms with van der Waals surface area (Å²) in [6.07, 6.45) is 4.99. The molecule has 1 saturated heterocycles. The van der Waals surface area contributed by atoms with Crippen LogP contribution in [0.25, 0.3) is 0 Å². The number of nitrogens with zero attached hydrogens (tertiary/aromatic N) is 4. The Morgan fingerprint density at radius 1 is 1.43 bits per heavy atom. The molecule has 1 amide bonds. The Morgan fingerprint density at radius 2 is 2.14 bits per heavy atom. The fraction of sp³-hybridized carbons (Fsp3) is 0.667. The van der Waals surface area contributed by atoms with E-state index in [0.29, 0.717) is 0 Å². The van der Waals surface area contributed by atoms with E-state index in [2.05, 4.69) is 17.0 Å². The number of aromatic nitrogens is 3. The molecule has 1 fully saturated rings. The Kier molecular flexibility index (Phi) is 2.47. The summed E-state index contributed by atoms with van der Waals surface area (Å²) in [4.78, 5) is 17.3. The van der Waals surface area contributed by atoms with Gasteiger partial charge < -0.3 is 4.90 Å². The number of piperidine rings is 1. The van der Waals surface area contributed by atoms with Gasteiger partial charge in [-0.1, -0.05) is 6.92 Å². The predicted octanol–water partition coefficient (Wildman–Crippen LogP) is 0.978. The maximum Gasteiger partial charge on any atom is 0.346 e. The van der Waals surface area contributed by atoms with Crippen molar-refractivity contribution in [2.24, 2.45) is 5.92 Å².